The number of hydrogen-bond acceptors (Lipinski definition) is 3. The van der Waals surface area contributed by atoms with E-state index in [2.05, 4.69) is 4.98 Å². The van der Waals surface area contributed by atoms with Crippen molar-refractivity contribution in [2.75, 3.05) is 0 Å². The van der Waals surface area contributed by atoms with Crippen molar-refractivity contribution < 1.29 is 4.74 Å². The average Bonchev–Trinajstić information content (AvgIpc) is 2.91. The van der Waals surface area contributed by atoms with Gasteiger partial charge in [0.2, 0.25) is 0 Å². The van der Waals surface area contributed by atoms with Crippen molar-refractivity contribution in [3.05, 3.63) is 24.0 Å². The SMILES string of the molecule is N#Cc1cc(O[C@@H]2C[C@H]3CC[C@@H]2C3)ccn1. The first-order chi connectivity index (χ1) is 7.85. The molecule has 0 aromatic carbocycles. The minimum atomic E-state index is 0.368. The zero-order valence-corrected chi connectivity index (χ0v) is 9.10. The summed E-state index contributed by atoms with van der Waals surface area (Å²) < 4.78 is 5.96. The van der Waals surface area contributed by atoms with Gasteiger partial charge in [0.15, 0.2) is 0 Å². The topological polar surface area (TPSA) is 45.9 Å². The molecule has 3 nitrogen and oxygen atoms in total. The van der Waals surface area contributed by atoms with E-state index >= 15 is 0 Å². The lowest BCUT2D eigenvalue weighted by molar-refractivity contribution is 0.138. The molecule has 2 saturated carbocycles. The highest BCUT2D eigenvalue weighted by Crippen LogP contribution is 2.45. The van der Waals surface area contributed by atoms with Crippen LogP contribution in [-0.2, 0) is 0 Å². The van der Waals surface area contributed by atoms with Gasteiger partial charge in [0.1, 0.15) is 23.6 Å². The minimum Gasteiger partial charge on any atom is -0.490 e. The molecule has 1 heterocycles. The Morgan fingerprint density at radius 2 is 2.31 bits per heavy atom. The first kappa shape index (κ1) is 9.65. The molecule has 2 fully saturated rings. The van der Waals surface area contributed by atoms with Crippen LogP contribution in [0.15, 0.2) is 18.3 Å². The third-order valence-electron chi connectivity index (χ3n) is 3.81. The van der Waals surface area contributed by atoms with Crippen molar-refractivity contribution in [2.24, 2.45) is 11.8 Å². The van der Waals surface area contributed by atoms with Gasteiger partial charge in [-0.3, -0.25) is 0 Å². The summed E-state index contributed by atoms with van der Waals surface area (Å²) in [5.41, 5.74) is 0.431. The van der Waals surface area contributed by atoms with Crippen molar-refractivity contribution in [3.8, 4) is 11.8 Å². The van der Waals surface area contributed by atoms with Crippen molar-refractivity contribution in [3.63, 3.8) is 0 Å². The fourth-order valence-corrected chi connectivity index (χ4v) is 3.05. The number of hydrogen-bond donors (Lipinski definition) is 0. The Bertz CT molecular complexity index is 438. The van der Waals surface area contributed by atoms with E-state index in [0.29, 0.717) is 11.8 Å². The lowest BCUT2D eigenvalue weighted by Gasteiger charge is -2.22. The summed E-state index contributed by atoms with van der Waals surface area (Å²) in [7, 11) is 0. The fraction of sp³-hybridized carbons (Fsp3) is 0.538. The maximum Gasteiger partial charge on any atom is 0.144 e. The van der Waals surface area contributed by atoms with Gasteiger partial charge in [0, 0.05) is 12.3 Å². The quantitative estimate of drug-likeness (QED) is 0.760. The van der Waals surface area contributed by atoms with E-state index in [4.69, 9.17) is 10.00 Å². The van der Waals surface area contributed by atoms with Crippen LogP contribution in [0, 0.1) is 23.2 Å². The third-order valence-corrected chi connectivity index (χ3v) is 3.81. The largest absolute Gasteiger partial charge is 0.490 e. The monoisotopic (exact) mass is 214 g/mol. The maximum atomic E-state index is 8.76. The van der Waals surface area contributed by atoms with Crippen LogP contribution in [0.5, 0.6) is 5.75 Å². The highest BCUT2D eigenvalue weighted by atomic mass is 16.5. The van der Waals surface area contributed by atoms with E-state index in [1.807, 2.05) is 12.1 Å². The predicted molar refractivity (Wildman–Crippen MR) is 58.8 cm³/mol. The molecule has 3 rings (SSSR count). The van der Waals surface area contributed by atoms with Crippen LogP contribution >= 0.6 is 0 Å². The van der Waals surface area contributed by atoms with Gasteiger partial charge in [-0.25, -0.2) is 4.98 Å². The van der Waals surface area contributed by atoms with Crippen LogP contribution in [0.2, 0.25) is 0 Å². The number of nitriles is 1. The number of rotatable bonds is 2. The summed E-state index contributed by atoms with van der Waals surface area (Å²) in [4.78, 5) is 3.94. The molecule has 0 amide bonds. The molecule has 2 aliphatic carbocycles. The van der Waals surface area contributed by atoms with Gasteiger partial charge in [-0.05, 0) is 43.6 Å². The zero-order chi connectivity index (χ0) is 11.0. The summed E-state index contributed by atoms with van der Waals surface area (Å²) in [6.07, 6.45) is 7.22. The zero-order valence-electron chi connectivity index (χ0n) is 9.10. The van der Waals surface area contributed by atoms with Crippen LogP contribution in [0.3, 0.4) is 0 Å². The van der Waals surface area contributed by atoms with Gasteiger partial charge in [0.25, 0.3) is 0 Å². The van der Waals surface area contributed by atoms with E-state index in [0.717, 1.165) is 17.6 Å². The molecule has 0 spiro atoms. The standard InChI is InChI=1S/C13H14N2O/c14-8-11-7-12(3-4-15-11)16-13-6-9-1-2-10(13)5-9/h3-4,7,9-10,13H,1-2,5-6H2/t9-,10+,13+/m0/s1. The van der Waals surface area contributed by atoms with Crippen LogP contribution < -0.4 is 4.74 Å². The fourth-order valence-electron chi connectivity index (χ4n) is 3.05. The Morgan fingerprint density at radius 3 is 3.00 bits per heavy atom. The van der Waals surface area contributed by atoms with Crippen LogP contribution in [-0.4, -0.2) is 11.1 Å². The van der Waals surface area contributed by atoms with E-state index < -0.39 is 0 Å². The van der Waals surface area contributed by atoms with Gasteiger partial charge in [0.05, 0.1) is 0 Å². The van der Waals surface area contributed by atoms with Crippen molar-refractivity contribution in [1.29, 1.82) is 5.26 Å². The summed E-state index contributed by atoms with van der Waals surface area (Å²) in [6, 6.07) is 5.60. The average molecular weight is 214 g/mol. The summed E-state index contributed by atoms with van der Waals surface area (Å²) in [5.74, 6) is 2.42. The Morgan fingerprint density at radius 1 is 1.38 bits per heavy atom. The number of nitrogens with zero attached hydrogens (tertiary/aromatic N) is 2. The molecule has 3 atom stereocenters. The predicted octanol–water partition coefficient (Wildman–Crippen LogP) is 2.52. The second-order valence-electron chi connectivity index (χ2n) is 4.82. The molecule has 3 heteroatoms. The highest BCUT2D eigenvalue weighted by Gasteiger charge is 2.40. The van der Waals surface area contributed by atoms with E-state index in [1.165, 1.54) is 25.7 Å². The number of pyridine rings is 1. The molecule has 0 saturated heterocycles. The Labute approximate surface area is 95.1 Å². The van der Waals surface area contributed by atoms with Gasteiger partial charge in [-0.1, -0.05) is 0 Å². The molecule has 0 radical (unpaired) electrons. The summed E-state index contributed by atoms with van der Waals surface area (Å²) >= 11 is 0. The Balaban J connectivity index is 1.72. The van der Waals surface area contributed by atoms with Crippen LogP contribution in [0.4, 0.5) is 0 Å². The Hall–Kier alpha value is -1.56. The number of aromatic nitrogens is 1. The lowest BCUT2D eigenvalue weighted by atomic mass is 9.98. The van der Waals surface area contributed by atoms with Gasteiger partial charge >= 0.3 is 0 Å². The minimum absolute atomic E-state index is 0.368. The molecule has 2 bridgehead atoms. The molecule has 0 N–H and O–H groups in total. The molecular formula is C13H14N2O. The van der Waals surface area contributed by atoms with Crippen molar-refractivity contribution >= 4 is 0 Å². The van der Waals surface area contributed by atoms with E-state index in [1.54, 1.807) is 12.3 Å². The van der Waals surface area contributed by atoms with E-state index in [9.17, 15) is 0 Å². The van der Waals surface area contributed by atoms with Crippen molar-refractivity contribution in [1.82, 2.24) is 4.98 Å². The maximum absolute atomic E-state index is 8.76. The summed E-state index contributed by atoms with van der Waals surface area (Å²) in [6.45, 7) is 0. The van der Waals surface area contributed by atoms with E-state index in [-0.39, 0.29) is 0 Å². The molecular weight excluding hydrogens is 200 g/mol. The molecule has 0 aliphatic heterocycles. The van der Waals surface area contributed by atoms with Crippen molar-refractivity contribution in [2.45, 2.75) is 31.8 Å². The van der Waals surface area contributed by atoms with Gasteiger partial charge < -0.3 is 4.74 Å². The molecule has 82 valence electrons. The summed E-state index contributed by atoms with van der Waals surface area (Å²) in [5, 5.41) is 8.76. The molecule has 1 aromatic heterocycles. The van der Waals surface area contributed by atoms with Gasteiger partial charge in [-0.2, -0.15) is 5.26 Å². The smallest absolute Gasteiger partial charge is 0.144 e. The molecule has 1 aromatic rings. The third kappa shape index (κ3) is 1.65. The highest BCUT2D eigenvalue weighted by molar-refractivity contribution is 5.30. The van der Waals surface area contributed by atoms with Gasteiger partial charge in [-0.15, -0.1) is 0 Å². The molecule has 16 heavy (non-hydrogen) atoms. The number of fused-ring (bicyclic) bond motifs is 2. The second-order valence-corrected chi connectivity index (χ2v) is 4.82. The normalized spacial score (nSPS) is 31.3. The van der Waals surface area contributed by atoms with Crippen LogP contribution in [0.1, 0.15) is 31.4 Å². The van der Waals surface area contributed by atoms with Crippen LogP contribution in [0.25, 0.3) is 0 Å². The molecule has 2 aliphatic rings. The second kappa shape index (κ2) is 3.79. The Kier molecular flexibility index (Phi) is 2.28. The number of ether oxygens (including phenoxy) is 1. The first-order valence-corrected chi connectivity index (χ1v) is 5.88. The first-order valence-electron chi connectivity index (χ1n) is 5.88. The molecule has 0 unspecified atom stereocenters. The lowest BCUT2D eigenvalue weighted by Crippen LogP contribution is -2.23.